The Morgan fingerprint density at radius 2 is 1.62 bits per heavy atom. The van der Waals surface area contributed by atoms with E-state index < -0.39 is 5.82 Å². The van der Waals surface area contributed by atoms with Crippen molar-refractivity contribution in [1.29, 1.82) is 0 Å². The molecule has 0 fully saturated rings. The number of carbonyl (C=O) groups excluding carboxylic acids is 2. The topological polar surface area (TPSA) is 46.2 Å². The van der Waals surface area contributed by atoms with Crippen molar-refractivity contribution in [3.05, 3.63) is 65.5 Å². The van der Waals surface area contributed by atoms with Gasteiger partial charge in [0, 0.05) is 18.1 Å². The molecule has 2 rings (SSSR count). The predicted octanol–water partition coefficient (Wildman–Crippen LogP) is 4.04. The van der Waals surface area contributed by atoms with E-state index in [9.17, 15) is 14.0 Å². The van der Waals surface area contributed by atoms with Gasteiger partial charge in [-0.2, -0.15) is 0 Å². The Labute approximate surface area is 123 Å². The summed E-state index contributed by atoms with van der Waals surface area (Å²) in [5.74, 6) is -1.16. The molecule has 0 spiro atoms. The first-order chi connectivity index (χ1) is 10.1. The van der Waals surface area contributed by atoms with E-state index in [0.717, 1.165) is 6.07 Å². The van der Waals surface area contributed by atoms with Crippen molar-refractivity contribution in [2.75, 3.05) is 5.32 Å². The number of anilines is 1. The molecule has 0 aliphatic rings. The van der Waals surface area contributed by atoms with Crippen molar-refractivity contribution in [2.45, 2.75) is 20.8 Å². The lowest BCUT2D eigenvalue weighted by atomic mass is 10.0. The van der Waals surface area contributed by atoms with E-state index in [2.05, 4.69) is 5.32 Å². The van der Waals surface area contributed by atoms with Crippen LogP contribution >= 0.6 is 0 Å². The maximum atomic E-state index is 13.3. The Bertz CT molecular complexity index is 624. The highest BCUT2D eigenvalue weighted by Crippen LogP contribution is 2.20. The number of benzene rings is 2. The summed E-state index contributed by atoms with van der Waals surface area (Å²) < 4.78 is 13.3. The lowest BCUT2D eigenvalue weighted by Gasteiger charge is -2.09. The molecule has 0 aliphatic carbocycles. The summed E-state index contributed by atoms with van der Waals surface area (Å²) in [6.07, 6.45) is 0. The quantitative estimate of drug-likeness (QED) is 0.866. The Hall–Kier alpha value is -2.49. The van der Waals surface area contributed by atoms with Crippen LogP contribution in [-0.4, -0.2) is 11.7 Å². The molecule has 0 aliphatic heterocycles. The second-order valence-corrected chi connectivity index (χ2v) is 4.07. The second-order valence-electron chi connectivity index (χ2n) is 4.07. The van der Waals surface area contributed by atoms with Gasteiger partial charge in [0.2, 0.25) is 5.91 Å². The summed E-state index contributed by atoms with van der Waals surface area (Å²) in [6.45, 7) is 5.33. The van der Waals surface area contributed by atoms with Crippen LogP contribution in [0.4, 0.5) is 10.1 Å². The maximum absolute atomic E-state index is 13.3. The minimum absolute atomic E-state index is 0.140. The highest BCUT2D eigenvalue weighted by Gasteiger charge is 2.15. The Kier molecular flexibility index (Phi) is 6.27. The van der Waals surface area contributed by atoms with Gasteiger partial charge in [-0.25, -0.2) is 4.39 Å². The molecule has 1 amide bonds. The first-order valence-electron chi connectivity index (χ1n) is 6.75. The molecule has 110 valence electrons. The highest BCUT2D eigenvalue weighted by atomic mass is 19.1. The number of rotatable bonds is 3. The second kappa shape index (κ2) is 7.94. The van der Waals surface area contributed by atoms with Gasteiger partial charge in [0.1, 0.15) is 5.82 Å². The third-order valence-electron chi connectivity index (χ3n) is 2.57. The maximum Gasteiger partial charge on any atom is 0.221 e. The standard InChI is InChI=1S/C15H12FNO2.C2H6/c1-10(18)17-14-8-7-12(16)9-13(14)15(19)11-5-3-2-4-6-11;1-2/h2-9H,1H3,(H,17,18);1-2H3. The van der Waals surface area contributed by atoms with Crippen LogP contribution in [0.25, 0.3) is 0 Å². The minimum Gasteiger partial charge on any atom is -0.326 e. The number of nitrogens with one attached hydrogen (secondary N) is 1. The normalized spacial score (nSPS) is 9.33. The van der Waals surface area contributed by atoms with Crippen molar-refractivity contribution < 1.29 is 14.0 Å². The van der Waals surface area contributed by atoms with Crippen molar-refractivity contribution in [3.63, 3.8) is 0 Å². The fourth-order valence-electron chi connectivity index (χ4n) is 1.75. The molecule has 21 heavy (non-hydrogen) atoms. The van der Waals surface area contributed by atoms with Crippen molar-refractivity contribution >= 4 is 17.4 Å². The van der Waals surface area contributed by atoms with Gasteiger partial charge in [-0.1, -0.05) is 44.2 Å². The van der Waals surface area contributed by atoms with E-state index in [-0.39, 0.29) is 17.3 Å². The molecule has 0 bridgehead atoms. The largest absolute Gasteiger partial charge is 0.326 e. The summed E-state index contributed by atoms with van der Waals surface area (Å²) in [4.78, 5) is 23.4. The van der Waals surface area contributed by atoms with Crippen molar-refractivity contribution in [1.82, 2.24) is 0 Å². The van der Waals surface area contributed by atoms with E-state index in [0.29, 0.717) is 11.3 Å². The van der Waals surface area contributed by atoms with Gasteiger partial charge in [-0.15, -0.1) is 0 Å². The molecular formula is C17H18FNO2. The molecular weight excluding hydrogens is 269 g/mol. The molecule has 2 aromatic carbocycles. The zero-order valence-electron chi connectivity index (χ0n) is 12.3. The molecule has 0 atom stereocenters. The fraction of sp³-hybridized carbons (Fsp3) is 0.176. The SMILES string of the molecule is CC.CC(=O)Nc1ccc(F)cc1C(=O)c1ccccc1. The van der Waals surface area contributed by atoms with Crippen molar-refractivity contribution in [2.24, 2.45) is 0 Å². The molecule has 4 heteroatoms. The van der Waals surface area contributed by atoms with Gasteiger partial charge in [-0.05, 0) is 18.2 Å². The molecule has 0 aromatic heterocycles. The monoisotopic (exact) mass is 287 g/mol. The van der Waals surface area contributed by atoms with E-state index in [1.54, 1.807) is 30.3 Å². The zero-order valence-corrected chi connectivity index (χ0v) is 12.3. The fourth-order valence-corrected chi connectivity index (χ4v) is 1.75. The molecule has 0 radical (unpaired) electrons. The van der Waals surface area contributed by atoms with Crippen LogP contribution in [0, 0.1) is 5.82 Å². The van der Waals surface area contributed by atoms with Gasteiger partial charge in [0.15, 0.2) is 5.78 Å². The minimum atomic E-state index is -0.520. The van der Waals surface area contributed by atoms with Gasteiger partial charge >= 0.3 is 0 Å². The third-order valence-corrected chi connectivity index (χ3v) is 2.57. The Morgan fingerprint density at radius 1 is 1.00 bits per heavy atom. The average molecular weight is 287 g/mol. The Morgan fingerprint density at radius 3 is 2.19 bits per heavy atom. The Balaban J connectivity index is 0.00000106. The molecule has 0 unspecified atom stereocenters. The highest BCUT2D eigenvalue weighted by molar-refractivity contribution is 6.13. The van der Waals surface area contributed by atoms with E-state index in [4.69, 9.17) is 0 Å². The summed E-state index contributed by atoms with van der Waals surface area (Å²) in [5, 5.41) is 2.52. The van der Waals surface area contributed by atoms with Crippen LogP contribution in [0.3, 0.4) is 0 Å². The van der Waals surface area contributed by atoms with Gasteiger partial charge in [0.05, 0.1) is 5.69 Å². The molecule has 3 nitrogen and oxygen atoms in total. The molecule has 0 heterocycles. The van der Waals surface area contributed by atoms with Crippen LogP contribution in [0.1, 0.15) is 36.7 Å². The zero-order chi connectivity index (χ0) is 15.8. The first-order valence-corrected chi connectivity index (χ1v) is 6.75. The van der Waals surface area contributed by atoms with E-state index in [1.165, 1.54) is 19.1 Å². The third kappa shape index (κ3) is 4.53. The van der Waals surface area contributed by atoms with Gasteiger partial charge in [-0.3, -0.25) is 9.59 Å². The summed E-state index contributed by atoms with van der Waals surface area (Å²) in [5.41, 5.74) is 0.892. The van der Waals surface area contributed by atoms with Crippen LogP contribution in [0.5, 0.6) is 0 Å². The number of ketones is 1. The molecule has 0 saturated carbocycles. The number of halogens is 1. The average Bonchev–Trinajstić information content (AvgIpc) is 2.51. The van der Waals surface area contributed by atoms with Gasteiger partial charge in [0.25, 0.3) is 0 Å². The van der Waals surface area contributed by atoms with Crippen molar-refractivity contribution in [3.8, 4) is 0 Å². The number of hydrogen-bond donors (Lipinski definition) is 1. The smallest absolute Gasteiger partial charge is 0.221 e. The lowest BCUT2D eigenvalue weighted by Crippen LogP contribution is -2.12. The lowest BCUT2D eigenvalue weighted by molar-refractivity contribution is -0.114. The van der Waals surface area contributed by atoms with Crippen LogP contribution in [0.15, 0.2) is 48.5 Å². The number of carbonyl (C=O) groups is 2. The molecule has 0 saturated heterocycles. The summed E-state index contributed by atoms with van der Waals surface area (Å²) in [6, 6.07) is 12.2. The summed E-state index contributed by atoms with van der Waals surface area (Å²) in [7, 11) is 0. The molecule has 2 aromatic rings. The van der Waals surface area contributed by atoms with Gasteiger partial charge < -0.3 is 5.32 Å². The van der Waals surface area contributed by atoms with E-state index in [1.807, 2.05) is 13.8 Å². The van der Waals surface area contributed by atoms with E-state index >= 15 is 0 Å². The van der Waals surface area contributed by atoms with Crippen LogP contribution in [0.2, 0.25) is 0 Å². The molecule has 1 N–H and O–H groups in total. The first kappa shape index (κ1) is 16.6. The number of hydrogen-bond acceptors (Lipinski definition) is 2. The summed E-state index contributed by atoms with van der Waals surface area (Å²) >= 11 is 0. The number of amides is 1. The van der Waals surface area contributed by atoms with Crippen LogP contribution < -0.4 is 5.32 Å². The predicted molar refractivity (Wildman–Crippen MR) is 81.9 cm³/mol. The van der Waals surface area contributed by atoms with Crippen LogP contribution in [-0.2, 0) is 4.79 Å².